The maximum atomic E-state index is 6.35. The van der Waals surface area contributed by atoms with E-state index in [1.165, 1.54) is 0 Å². The summed E-state index contributed by atoms with van der Waals surface area (Å²) in [5, 5.41) is 0.941. The molecule has 0 radical (unpaired) electrons. The van der Waals surface area contributed by atoms with Gasteiger partial charge >= 0.3 is 21.1 Å². The van der Waals surface area contributed by atoms with Crippen LogP contribution in [0.1, 0.15) is 0 Å². The monoisotopic (exact) mass is 673 g/mol. The maximum Gasteiger partial charge on any atom is 2.00 e. The van der Waals surface area contributed by atoms with Crippen LogP contribution in [0, 0.1) is 12.1 Å². The SMILES string of the molecule is [Pt+2].[c-]1c(-c2ccccn2)ccc2c1B1c3[c-]c(-c4nc5ccccc5s4)ccc3Oc3cccc(c31)O2. The van der Waals surface area contributed by atoms with Gasteiger partial charge in [-0.3, -0.25) is 4.98 Å². The molecule has 4 heterocycles. The third-order valence-corrected chi connectivity index (χ3v) is 7.74. The van der Waals surface area contributed by atoms with E-state index in [0.29, 0.717) is 0 Å². The number of aromatic nitrogens is 2. The number of pyridine rings is 1. The molecule has 0 atom stereocenters. The molecule has 2 aliphatic heterocycles. The van der Waals surface area contributed by atoms with Gasteiger partial charge in [-0.05, 0) is 36.0 Å². The van der Waals surface area contributed by atoms with Crippen LogP contribution in [-0.4, -0.2) is 16.7 Å². The molecule has 0 spiro atoms. The smallest absolute Gasteiger partial charge is 0.503 e. The van der Waals surface area contributed by atoms with Crippen molar-refractivity contribution >= 4 is 44.7 Å². The van der Waals surface area contributed by atoms with Crippen molar-refractivity contribution in [1.82, 2.24) is 9.97 Å². The molecule has 6 aromatic rings. The largest absolute Gasteiger partial charge is 2.00 e. The fourth-order valence-corrected chi connectivity index (χ4v) is 5.99. The van der Waals surface area contributed by atoms with Crippen molar-refractivity contribution < 1.29 is 30.5 Å². The fraction of sp³-hybridized carbons (Fsp3) is 0. The molecule has 0 N–H and O–H groups in total. The number of hydrogen-bond acceptors (Lipinski definition) is 5. The Labute approximate surface area is 232 Å². The van der Waals surface area contributed by atoms with Gasteiger partial charge < -0.3 is 14.5 Å². The van der Waals surface area contributed by atoms with Gasteiger partial charge in [0.05, 0.1) is 5.52 Å². The van der Waals surface area contributed by atoms with Gasteiger partial charge in [0, 0.05) is 32.9 Å². The summed E-state index contributed by atoms with van der Waals surface area (Å²) in [5.41, 5.74) is 6.68. The van der Waals surface area contributed by atoms with Crippen molar-refractivity contribution in [1.29, 1.82) is 0 Å². The van der Waals surface area contributed by atoms with Crippen molar-refractivity contribution in [2.24, 2.45) is 0 Å². The molecule has 37 heavy (non-hydrogen) atoms. The third kappa shape index (κ3) is 3.55. The average Bonchev–Trinajstić information content (AvgIpc) is 3.37. The first-order chi connectivity index (χ1) is 17.8. The number of rotatable bonds is 2. The molecule has 0 amide bonds. The molecule has 0 fully saturated rings. The number of thiazole rings is 1. The Balaban J connectivity index is 0.00000231. The molecule has 0 saturated carbocycles. The van der Waals surface area contributed by atoms with Crippen molar-refractivity contribution in [3.8, 4) is 44.8 Å². The van der Waals surface area contributed by atoms with Gasteiger partial charge in [0.1, 0.15) is 11.5 Å². The number of benzene rings is 4. The van der Waals surface area contributed by atoms with Crippen LogP contribution in [0.25, 0.3) is 32.0 Å². The van der Waals surface area contributed by atoms with Crippen LogP contribution in [0.3, 0.4) is 0 Å². The van der Waals surface area contributed by atoms with E-state index in [1.54, 1.807) is 17.5 Å². The second kappa shape index (κ2) is 8.69. The summed E-state index contributed by atoms with van der Waals surface area (Å²) >= 11 is 1.67. The Hall–Kier alpha value is -3.73. The van der Waals surface area contributed by atoms with E-state index in [0.717, 1.165) is 71.4 Å². The predicted molar refractivity (Wildman–Crippen MR) is 144 cm³/mol. The summed E-state index contributed by atoms with van der Waals surface area (Å²) < 4.78 is 13.8. The molecule has 0 bridgehead atoms. The molecule has 0 saturated heterocycles. The molecule has 8 rings (SSSR count). The van der Waals surface area contributed by atoms with Gasteiger partial charge in [-0.2, -0.15) is 11.3 Å². The summed E-state index contributed by atoms with van der Waals surface area (Å²) in [7, 11) is 0. The summed E-state index contributed by atoms with van der Waals surface area (Å²) in [5.74, 6) is 3.18. The summed E-state index contributed by atoms with van der Waals surface area (Å²) in [6.45, 7) is -0.123. The molecular formula is C30H15BN2O2PtS. The van der Waals surface area contributed by atoms with Crippen LogP contribution >= 0.6 is 11.3 Å². The maximum absolute atomic E-state index is 6.35. The number of hydrogen-bond donors (Lipinski definition) is 0. The minimum atomic E-state index is -0.123. The van der Waals surface area contributed by atoms with E-state index in [-0.39, 0.29) is 27.8 Å². The van der Waals surface area contributed by atoms with Crippen molar-refractivity contribution in [3.63, 3.8) is 0 Å². The molecule has 4 aromatic carbocycles. The van der Waals surface area contributed by atoms with Gasteiger partial charge in [-0.1, -0.05) is 30.3 Å². The van der Waals surface area contributed by atoms with Gasteiger partial charge in [0.2, 0.25) is 6.71 Å². The average molecular weight is 673 g/mol. The van der Waals surface area contributed by atoms with Gasteiger partial charge in [0.15, 0.2) is 0 Å². The molecule has 176 valence electrons. The van der Waals surface area contributed by atoms with Crippen molar-refractivity contribution in [2.75, 3.05) is 0 Å². The van der Waals surface area contributed by atoms with E-state index in [1.807, 2.05) is 78.9 Å². The normalized spacial score (nSPS) is 12.5. The first-order valence-electron chi connectivity index (χ1n) is 11.7. The first kappa shape index (κ1) is 22.5. The Bertz CT molecular complexity index is 1780. The van der Waals surface area contributed by atoms with Crippen LogP contribution in [0.2, 0.25) is 0 Å². The van der Waals surface area contributed by atoms with Crippen LogP contribution in [0.15, 0.2) is 91.1 Å². The molecule has 2 aliphatic rings. The van der Waals surface area contributed by atoms with E-state index in [9.17, 15) is 0 Å². The van der Waals surface area contributed by atoms with Crippen LogP contribution < -0.4 is 25.9 Å². The Morgan fingerprint density at radius 2 is 1.38 bits per heavy atom. The summed E-state index contributed by atoms with van der Waals surface area (Å²) in [6, 6.07) is 35.5. The Morgan fingerprint density at radius 3 is 2.11 bits per heavy atom. The summed E-state index contributed by atoms with van der Waals surface area (Å²) in [6.07, 6.45) is 1.80. The number of nitrogens with zero attached hydrogens (tertiary/aromatic N) is 2. The zero-order chi connectivity index (χ0) is 23.6. The molecule has 0 unspecified atom stereocenters. The number of fused-ring (bicyclic) bond motifs is 5. The third-order valence-electron chi connectivity index (χ3n) is 6.67. The minimum absolute atomic E-state index is 0. The fourth-order valence-electron chi connectivity index (χ4n) is 5.04. The molecule has 4 nitrogen and oxygen atoms in total. The Morgan fingerprint density at radius 1 is 0.676 bits per heavy atom. The zero-order valence-electron chi connectivity index (χ0n) is 19.2. The van der Waals surface area contributed by atoms with Crippen molar-refractivity contribution in [3.05, 3.63) is 103 Å². The van der Waals surface area contributed by atoms with Crippen LogP contribution in [-0.2, 0) is 21.1 Å². The predicted octanol–water partition coefficient (Wildman–Crippen LogP) is 5.35. The zero-order valence-corrected chi connectivity index (χ0v) is 22.3. The molecule has 0 aliphatic carbocycles. The first-order valence-corrected chi connectivity index (χ1v) is 12.5. The topological polar surface area (TPSA) is 44.2 Å². The van der Waals surface area contributed by atoms with Crippen molar-refractivity contribution in [2.45, 2.75) is 0 Å². The van der Waals surface area contributed by atoms with E-state index in [2.05, 4.69) is 23.2 Å². The minimum Gasteiger partial charge on any atom is -0.503 e. The summed E-state index contributed by atoms with van der Waals surface area (Å²) in [4.78, 5) is 9.39. The van der Waals surface area contributed by atoms with Gasteiger partial charge in [-0.15, -0.1) is 58.5 Å². The van der Waals surface area contributed by atoms with Crippen LogP contribution in [0.5, 0.6) is 23.0 Å². The number of ether oxygens (including phenoxy) is 2. The van der Waals surface area contributed by atoms with E-state index in [4.69, 9.17) is 14.5 Å². The number of para-hydroxylation sites is 1. The Kier molecular flexibility index (Phi) is 5.28. The molecule has 7 heteroatoms. The van der Waals surface area contributed by atoms with Gasteiger partial charge in [-0.25, -0.2) is 0 Å². The second-order valence-electron chi connectivity index (χ2n) is 8.81. The standard InChI is InChI=1S/C30H15BN2O2S.Pt/c1-2-10-28-23(7-1)33-30(36-28)19-12-14-25-21(17-19)31-20-16-18(22-6-3-4-15-32-22)11-13-24(20)34-26-8-5-9-27(35-25)29(26)31;/h1-15H;/q-2;+2. The quantitative estimate of drug-likeness (QED) is 0.184. The van der Waals surface area contributed by atoms with E-state index < -0.39 is 0 Å². The molecular weight excluding hydrogens is 658 g/mol. The van der Waals surface area contributed by atoms with Crippen LogP contribution in [0.4, 0.5) is 0 Å². The van der Waals surface area contributed by atoms with Gasteiger partial charge in [0.25, 0.3) is 0 Å². The van der Waals surface area contributed by atoms with E-state index >= 15 is 0 Å². The second-order valence-corrected chi connectivity index (χ2v) is 9.84. The molecule has 2 aromatic heterocycles.